The largest absolute Gasteiger partial charge is 0.355 e. The number of nitrogens with one attached hydrogen (secondary N) is 2. The van der Waals surface area contributed by atoms with E-state index in [4.69, 9.17) is 0 Å². The molecule has 4 heteroatoms. The number of hydrogen-bond acceptors (Lipinski definition) is 2. The lowest BCUT2D eigenvalue weighted by molar-refractivity contribution is 0.263. The van der Waals surface area contributed by atoms with E-state index in [1.54, 1.807) is 0 Å². The number of hydrogen-bond donors (Lipinski definition) is 2. The Morgan fingerprint density at radius 1 is 1.19 bits per heavy atom. The molecule has 0 aliphatic heterocycles. The fourth-order valence-corrected chi connectivity index (χ4v) is 2.79. The molecule has 1 saturated carbocycles. The second kappa shape index (κ2) is 9.29. The van der Waals surface area contributed by atoms with Gasteiger partial charge in [-0.25, -0.2) is 0 Å². The molecule has 0 saturated heterocycles. The van der Waals surface area contributed by atoms with Gasteiger partial charge in [0.05, 0.1) is 0 Å². The zero-order valence-corrected chi connectivity index (χ0v) is 14.9. The van der Waals surface area contributed by atoms with E-state index in [1.807, 2.05) is 7.05 Å². The van der Waals surface area contributed by atoms with Crippen molar-refractivity contribution in [2.75, 3.05) is 27.7 Å². The molecule has 0 bridgehead atoms. The Morgan fingerprint density at radius 3 is 2.33 bits per heavy atom. The van der Waals surface area contributed by atoms with Crippen LogP contribution in [0.5, 0.6) is 0 Å². The summed E-state index contributed by atoms with van der Waals surface area (Å²) in [5, 5.41) is 7.01. The van der Waals surface area contributed by atoms with E-state index in [1.165, 1.54) is 32.1 Å². The van der Waals surface area contributed by atoms with E-state index in [2.05, 4.69) is 55.4 Å². The van der Waals surface area contributed by atoms with E-state index < -0.39 is 0 Å². The van der Waals surface area contributed by atoms with E-state index in [0.29, 0.717) is 12.1 Å². The van der Waals surface area contributed by atoms with Crippen LogP contribution in [0.4, 0.5) is 0 Å². The summed E-state index contributed by atoms with van der Waals surface area (Å²) in [5.74, 6) is 2.61. The summed E-state index contributed by atoms with van der Waals surface area (Å²) in [6, 6.07) is 1.11. The van der Waals surface area contributed by atoms with Gasteiger partial charge in [-0.15, -0.1) is 0 Å². The molecular weight excluding hydrogens is 260 g/mol. The lowest BCUT2D eigenvalue weighted by atomic mass is 10.0. The molecule has 1 aliphatic rings. The smallest absolute Gasteiger partial charge is 0.191 e. The highest BCUT2D eigenvalue weighted by molar-refractivity contribution is 5.79. The summed E-state index contributed by atoms with van der Waals surface area (Å²) in [6.07, 6.45) is 6.55. The number of aliphatic imine (C=N–C) groups is 1. The average molecular weight is 297 g/mol. The molecule has 1 rings (SSSR count). The van der Waals surface area contributed by atoms with Crippen molar-refractivity contribution in [3.63, 3.8) is 0 Å². The molecule has 0 aromatic heterocycles. The van der Waals surface area contributed by atoms with E-state index >= 15 is 0 Å². The molecule has 0 heterocycles. The highest BCUT2D eigenvalue weighted by atomic mass is 15.2. The summed E-state index contributed by atoms with van der Waals surface area (Å²) in [6.45, 7) is 7.81. The van der Waals surface area contributed by atoms with Crippen molar-refractivity contribution >= 4 is 5.96 Å². The van der Waals surface area contributed by atoms with Crippen molar-refractivity contribution in [1.29, 1.82) is 0 Å². The van der Waals surface area contributed by atoms with Gasteiger partial charge in [-0.1, -0.05) is 26.7 Å². The minimum absolute atomic E-state index is 0.480. The van der Waals surface area contributed by atoms with Crippen molar-refractivity contribution < 1.29 is 0 Å². The van der Waals surface area contributed by atoms with Crippen LogP contribution in [0.1, 0.15) is 52.9 Å². The van der Waals surface area contributed by atoms with Gasteiger partial charge in [0.15, 0.2) is 5.96 Å². The second-order valence-electron chi connectivity index (χ2n) is 7.19. The van der Waals surface area contributed by atoms with Gasteiger partial charge in [-0.05, 0) is 52.1 Å². The summed E-state index contributed by atoms with van der Waals surface area (Å²) < 4.78 is 0. The van der Waals surface area contributed by atoms with Gasteiger partial charge in [0, 0.05) is 25.7 Å². The van der Waals surface area contributed by atoms with Crippen LogP contribution in [0.15, 0.2) is 4.99 Å². The van der Waals surface area contributed by atoms with Gasteiger partial charge >= 0.3 is 0 Å². The maximum absolute atomic E-state index is 4.36. The van der Waals surface area contributed by atoms with Crippen molar-refractivity contribution in [2.24, 2.45) is 16.8 Å². The fourth-order valence-electron chi connectivity index (χ4n) is 2.79. The highest BCUT2D eigenvalue weighted by Crippen LogP contribution is 2.34. The number of guanidine groups is 1. The minimum Gasteiger partial charge on any atom is -0.355 e. The molecule has 4 nitrogen and oxygen atoms in total. The molecule has 2 unspecified atom stereocenters. The first-order chi connectivity index (χ1) is 9.93. The van der Waals surface area contributed by atoms with Crippen molar-refractivity contribution in [3.05, 3.63) is 0 Å². The first-order valence-electron chi connectivity index (χ1n) is 8.57. The lowest BCUT2D eigenvalue weighted by Gasteiger charge is -2.26. The molecule has 21 heavy (non-hydrogen) atoms. The molecule has 0 amide bonds. The highest BCUT2D eigenvalue weighted by Gasteiger charge is 2.32. The fraction of sp³-hybridized carbons (Fsp3) is 0.941. The molecular formula is C17H36N4. The van der Waals surface area contributed by atoms with Crippen LogP contribution in [0.2, 0.25) is 0 Å². The van der Waals surface area contributed by atoms with Gasteiger partial charge in [-0.3, -0.25) is 4.99 Å². The zero-order valence-electron chi connectivity index (χ0n) is 14.9. The standard InChI is InChI=1S/C17H36N4/c1-13(2)8-7-9-14(3)20-17(18-4)19-12-16(21(5)6)15-10-11-15/h13-16H,7-12H2,1-6H3,(H2,18,19,20). The predicted molar refractivity (Wildman–Crippen MR) is 92.8 cm³/mol. The summed E-state index contributed by atoms with van der Waals surface area (Å²) in [4.78, 5) is 6.70. The van der Waals surface area contributed by atoms with Crippen LogP contribution in [0.25, 0.3) is 0 Å². The molecule has 124 valence electrons. The molecule has 0 radical (unpaired) electrons. The lowest BCUT2D eigenvalue weighted by Crippen LogP contribution is -2.48. The quantitative estimate of drug-likeness (QED) is 0.508. The number of nitrogens with zero attached hydrogens (tertiary/aromatic N) is 2. The third kappa shape index (κ3) is 7.70. The van der Waals surface area contributed by atoms with Crippen LogP contribution in [-0.4, -0.2) is 50.6 Å². The van der Waals surface area contributed by atoms with Gasteiger partial charge in [0.25, 0.3) is 0 Å². The molecule has 1 aliphatic carbocycles. The first kappa shape index (κ1) is 18.3. The molecule has 1 fully saturated rings. The van der Waals surface area contributed by atoms with Crippen molar-refractivity contribution in [1.82, 2.24) is 15.5 Å². The Bertz CT molecular complexity index is 306. The molecule has 0 aromatic carbocycles. The molecule has 2 N–H and O–H groups in total. The third-order valence-electron chi connectivity index (χ3n) is 4.33. The van der Waals surface area contributed by atoms with Crippen LogP contribution in [0, 0.1) is 11.8 Å². The Kier molecular flexibility index (Phi) is 8.09. The van der Waals surface area contributed by atoms with Crippen LogP contribution < -0.4 is 10.6 Å². The second-order valence-corrected chi connectivity index (χ2v) is 7.19. The van der Waals surface area contributed by atoms with Gasteiger partial charge in [-0.2, -0.15) is 0 Å². The SMILES string of the molecule is CN=C(NCC(C1CC1)N(C)C)NC(C)CCCC(C)C. The van der Waals surface area contributed by atoms with Gasteiger partial charge < -0.3 is 15.5 Å². The Morgan fingerprint density at radius 2 is 1.86 bits per heavy atom. The third-order valence-corrected chi connectivity index (χ3v) is 4.33. The van der Waals surface area contributed by atoms with Crippen molar-refractivity contribution in [2.45, 2.75) is 65.0 Å². The Hall–Kier alpha value is -0.770. The van der Waals surface area contributed by atoms with E-state index in [0.717, 1.165) is 24.3 Å². The van der Waals surface area contributed by atoms with Crippen LogP contribution >= 0.6 is 0 Å². The first-order valence-corrected chi connectivity index (χ1v) is 8.57. The zero-order chi connectivity index (χ0) is 15.8. The van der Waals surface area contributed by atoms with Gasteiger partial charge in [0.2, 0.25) is 0 Å². The summed E-state index contributed by atoms with van der Waals surface area (Å²) >= 11 is 0. The minimum atomic E-state index is 0.480. The Balaban J connectivity index is 2.27. The average Bonchev–Trinajstić information content (AvgIpc) is 3.21. The topological polar surface area (TPSA) is 39.7 Å². The molecule has 2 atom stereocenters. The summed E-state index contributed by atoms with van der Waals surface area (Å²) in [5.41, 5.74) is 0. The van der Waals surface area contributed by atoms with Gasteiger partial charge in [0.1, 0.15) is 0 Å². The maximum Gasteiger partial charge on any atom is 0.191 e. The monoisotopic (exact) mass is 296 g/mol. The summed E-state index contributed by atoms with van der Waals surface area (Å²) in [7, 11) is 6.21. The number of likely N-dealkylation sites (N-methyl/N-ethyl adjacent to an activating group) is 1. The predicted octanol–water partition coefficient (Wildman–Crippen LogP) is 2.71. The van der Waals surface area contributed by atoms with E-state index in [9.17, 15) is 0 Å². The Labute approximate surface area is 131 Å². The number of rotatable bonds is 9. The van der Waals surface area contributed by atoms with Crippen LogP contribution in [0.3, 0.4) is 0 Å². The van der Waals surface area contributed by atoms with E-state index in [-0.39, 0.29) is 0 Å². The molecule has 0 spiro atoms. The normalized spacial score (nSPS) is 19.0. The van der Waals surface area contributed by atoms with Crippen LogP contribution in [-0.2, 0) is 0 Å². The maximum atomic E-state index is 4.36. The molecule has 0 aromatic rings. The van der Waals surface area contributed by atoms with Crippen molar-refractivity contribution in [3.8, 4) is 0 Å².